The molecular weight excluding hydrogens is 422 g/mol. The number of hydrogen-bond acceptors (Lipinski definition) is 6. The first kappa shape index (κ1) is 20.6. The number of thioether (sulfide) groups is 1. The van der Waals surface area contributed by atoms with Crippen molar-refractivity contribution in [2.24, 2.45) is 5.14 Å². The van der Waals surface area contributed by atoms with Gasteiger partial charge >= 0.3 is 0 Å². The van der Waals surface area contributed by atoms with E-state index in [4.69, 9.17) is 5.14 Å². The number of anilines is 2. The van der Waals surface area contributed by atoms with Gasteiger partial charge in [0.15, 0.2) is 0 Å². The van der Waals surface area contributed by atoms with Crippen molar-refractivity contribution >= 4 is 49.1 Å². The molecule has 0 fully saturated rings. The van der Waals surface area contributed by atoms with E-state index >= 15 is 0 Å². The number of fused-ring (bicyclic) bond motifs is 1. The van der Waals surface area contributed by atoms with Gasteiger partial charge in [0.05, 0.1) is 15.5 Å². The number of nitrogens with one attached hydrogen (secondary N) is 1. The van der Waals surface area contributed by atoms with Gasteiger partial charge in [0.25, 0.3) is 10.0 Å². The Morgan fingerprint density at radius 2 is 1.71 bits per heavy atom. The Morgan fingerprint density at radius 3 is 2.32 bits per heavy atom. The van der Waals surface area contributed by atoms with Gasteiger partial charge in [-0.15, -0.1) is 11.8 Å². The Balaban J connectivity index is 1.93. The molecule has 1 heterocycles. The van der Waals surface area contributed by atoms with Gasteiger partial charge in [-0.2, -0.15) is 0 Å². The number of carbonyl (C=O) groups excluding carboxylic acids is 1. The van der Waals surface area contributed by atoms with E-state index in [2.05, 4.69) is 4.72 Å². The maximum Gasteiger partial charge on any atom is 0.261 e. The van der Waals surface area contributed by atoms with Crippen LogP contribution in [0.4, 0.5) is 11.4 Å². The number of primary sulfonamides is 1. The third kappa shape index (κ3) is 4.49. The highest BCUT2D eigenvalue weighted by atomic mass is 32.2. The average Bonchev–Trinajstić information content (AvgIpc) is 2.83. The highest BCUT2D eigenvalue weighted by Gasteiger charge is 2.23. The molecule has 3 rings (SSSR count). The minimum atomic E-state index is -3.93. The van der Waals surface area contributed by atoms with Crippen LogP contribution in [0.5, 0.6) is 0 Å². The molecule has 2 aromatic carbocycles. The van der Waals surface area contributed by atoms with Gasteiger partial charge in [-0.3, -0.25) is 9.52 Å². The molecule has 0 bridgehead atoms. The summed E-state index contributed by atoms with van der Waals surface area (Å²) in [6.07, 6.45) is 0.815. The number of hydrogen-bond donors (Lipinski definition) is 2. The largest absolute Gasteiger partial charge is 0.311 e. The summed E-state index contributed by atoms with van der Waals surface area (Å²) >= 11 is 1.58. The van der Waals surface area contributed by atoms with E-state index in [-0.39, 0.29) is 21.4 Å². The second kappa shape index (κ2) is 7.74. The van der Waals surface area contributed by atoms with Crippen molar-refractivity contribution in [1.82, 2.24) is 0 Å². The molecular formula is C17H19N3O5S3. The van der Waals surface area contributed by atoms with E-state index in [1.807, 2.05) is 0 Å². The quantitative estimate of drug-likeness (QED) is 0.747. The molecule has 1 aliphatic rings. The number of rotatable bonds is 4. The van der Waals surface area contributed by atoms with E-state index in [1.54, 1.807) is 22.7 Å². The molecule has 2 aromatic rings. The molecule has 0 radical (unpaired) electrons. The minimum absolute atomic E-state index is 0.00974. The molecule has 28 heavy (non-hydrogen) atoms. The zero-order valence-corrected chi connectivity index (χ0v) is 17.4. The molecule has 1 aliphatic heterocycles. The van der Waals surface area contributed by atoms with Crippen molar-refractivity contribution < 1.29 is 21.6 Å². The predicted molar refractivity (Wildman–Crippen MR) is 108 cm³/mol. The van der Waals surface area contributed by atoms with E-state index in [9.17, 15) is 21.6 Å². The Kier molecular flexibility index (Phi) is 5.71. The fourth-order valence-electron chi connectivity index (χ4n) is 2.78. The van der Waals surface area contributed by atoms with Crippen LogP contribution < -0.4 is 14.8 Å². The van der Waals surface area contributed by atoms with E-state index in [0.717, 1.165) is 17.1 Å². The monoisotopic (exact) mass is 441 g/mol. The highest BCUT2D eigenvalue weighted by molar-refractivity contribution is 7.99. The molecule has 3 N–H and O–H groups in total. The van der Waals surface area contributed by atoms with Gasteiger partial charge in [0.2, 0.25) is 15.9 Å². The maximum atomic E-state index is 12.8. The van der Waals surface area contributed by atoms with Crippen molar-refractivity contribution in [3.63, 3.8) is 0 Å². The lowest BCUT2D eigenvalue weighted by Crippen LogP contribution is -2.29. The zero-order chi connectivity index (χ0) is 20.5. The first-order chi connectivity index (χ1) is 13.1. The van der Waals surface area contributed by atoms with Crippen LogP contribution in [0.15, 0.2) is 57.2 Å². The average molecular weight is 442 g/mol. The lowest BCUT2D eigenvalue weighted by Gasteiger charge is -2.21. The first-order valence-corrected chi connectivity index (χ1v) is 12.3. The van der Waals surface area contributed by atoms with Crippen LogP contribution in [0.3, 0.4) is 0 Å². The number of carbonyl (C=O) groups is 1. The standard InChI is InChI=1S/C17H19N3O5S3/c1-12(21)20-9-2-10-26-17-8-7-15(11-16(17)20)28(24,25)19-13-3-5-14(6-4-13)27(18,22)23/h3-8,11,19H,2,9-10H2,1H3,(H2,18,22,23). The van der Waals surface area contributed by atoms with Crippen LogP contribution in [0.2, 0.25) is 0 Å². The molecule has 150 valence electrons. The summed E-state index contributed by atoms with van der Waals surface area (Å²) in [7, 11) is -7.79. The van der Waals surface area contributed by atoms with Gasteiger partial charge in [-0.05, 0) is 54.6 Å². The van der Waals surface area contributed by atoms with E-state index in [0.29, 0.717) is 12.2 Å². The fraction of sp³-hybridized carbons (Fsp3) is 0.235. The third-order valence-electron chi connectivity index (χ3n) is 4.13. The maximum absolute atomic E-state index is 12.8. The summed E-state index contributed by atoms with van der Waals surface area (Å²) in [5, 5.41) is 5.04. The molecule has 0 aromatic heterocycles. The first-order valence-electron chi connectivity index (χ1n) is 8.28. The summed E-state index contributed by atoms with van der Waals surface area (Å²) in [5.41, 5.74) is 0.766. The van der Waals surface area contributed by atoms with Crippen molar-refractivity contribution in [3.05, 3.63) is 42.5 Å². The molecule has 0 saturated heterocycles. The number of amides is 1. The Hall–Kier alpha value is -2.08. The highest BCUT2D eigenvalue weighted by Crippen LogP contribution is 2.36. The molecule has 0 saturated carbocycles. The lowest BCUT2D eigenvalue weighted by molar-refractivity contribution is -0.116. The second-order valence-corrected chi connectivity index (χ2v) is 10.6. The predicted octanol–water partition coefficient (Wildman–Crippen LogP) is 1.98. The lowest BCUT2D eigenvalue weighted by atomic mass is 10.2. The van der Waals surface area contributed by atoms with Crippen molar-refractivity contribution in [2.75, 3.05) is 21.9 Å². The van der Waals surface area contributed by atoms with Gasteiger partial charge in [-0.25, -0.2) is 22.0 Å². The van der Waals surface area contributed by atoms with Crippen LogP contribution >= 0.6 is 11.8 Å². The minimum Gasteiger partial charge on any atom is -0.311 e. The number of benzene rings is 2. The van der Waals surface area contributed by atoms with Crippen LogP contribution in [0.1, 0.15) is 13.3 Å². The Morgan fingerprint density at radius 1 is 1.07 bits per heavy atom. The molecule has 0 unspecified atom stereocenters. The van der Waals surface area contributed by atoms with Gasteiger partial charge in [0.1, 0.15) is 0 Å². The van der Waals surface area contributed by atoms with Crippen LogP contribution in [0, 0.1) is 0 Å². The van der Waals surface area contributed by atoms with Crippen molar-refractivity contribution in [2.45, 2.75) is 28.0 Å². The SMILES string of the molecule is CC(=O)N1CCCSc2ccc(S(=O)(=O)Nc3ccc(S(N)(=O)=O)cc3)cc21. The molecule has 0 spiro atoms. The smallest absolute Gasteiger partial charge is 0.261 e. The third-order valence-corrected chi connectivity index (χ3v) is 7.59. The summed E-state index contributed by atoms with van der Waals surface area (Å²) in [4.78, 5) is 14.3. The van der Waals surface area contributed by atoms with Crippen LogP contribution in [-0.2, 0) is 24.8 Å². The number of nitrogens with two attached hydrogens (primary N) is 1. The summed E-state index contributed by atoms with van der Waals surface area (Å²) in [5.74, 6) is 0.696. The molecule has 1 amide bonds. The van der Waals surface area contributed by atoms with E-state index in [1.165, 1.54) is 43.3 Å². The fourth-order valence-corrected chi connectivity index (χ4v) is 5.34. The molecule has 0 aliphatic carbocycles. The molecule has 0 atom stereocenters. The van der Waals surface area contributed by atoms with Gasteiger partial charge in [-0.1, -0.05) is 0 Å². The number of nitrogens with zero attached hydrogens (tertiary/aromatic N) is 1. The molecule has 8 nitrogen and oxygen atoms in total. The number of sulfonamides is 2. The Labute approximate surface area is 168 Å². The van der Waals surface area contributed by atoms with Crippen molar-refractivity contribution in [1.29, 1.82) is 0 Å². The molecule has 11 heteroatoms. The summed E-state index contributed by atoms with van der Waals surface area (Å²) in [6, 6.07) is 9.74. The van der Waals surface area contributed by atoms with E-state index < -0.39 is 20.0 Å². The van der Waals surface area contributed by atoms with Crippen molar-refractivity contribution in [3.8, 4) is 0 Å². The summed E-state index contributed by atoms with van der Waals surface area (Å²) in [6.45, 7) is 1.98. The topological polar surface area (TPSA) is 127 Å². The summed E-state index contributed by atoms with van der Waals surface area (Å²) < 4.78 is 50.6. The van der Waals surface area contributed by atoms with Crippen LogP contribution in [-0.4, -0.2) is 35.0 Å². The second-order valence-electron chi connectivity index (χ2n) is 6.18. The zero-order valence-electron chi connectivity index (χ0n) is 15.0. The van der Waals surface area contributed by atoms with Gasteiger partial charge in [0, 0.05) is 24.1 Å². The van der Waals surface area contributed by atoms with Gasteiger partial charge < -0.3 is 4.90 Å². The normalized spacial score (nSPS) is 14.9. The Bertz CT molecular complexity index is 1110. The van der Waals surface area contributed by atoms with Crippen LogP contribution in [0.25, 0.3) is 0 Å².